The second-order valence-electron chi connectivity index (χ2n) is 8.27. The van der Waals surface area contributed by atoms with Crippen LogP contribution in [0.15, 0.2) is 66.7 Å². The number of halogens is 3. The van der Waals surface area contributed by atoms with E-state index in [1.54, 1.807) is 18.2 Å². The molecule has 4 rings (SSSR count). The molecule has 1 saturated heterocycles. The highest BCUT2D eigenvalue weighted by Crippen LogP contribution is 2.37. The molecule has 3 aromatic rings. The van der Waals surface area contributed by atoms with Gasteiger partial charge in [0.1, 0.15) is 18.2 Å². The van der Waals surface area contributed by atoms with E-state index in [9.17, 15) is 9.50 Å². The molecule has 8 heteroatoms. The van der Waals surface area contributed by atoms with Gasteiger partial charge in [0.15, 0.2) is 0 Å². The van der Waals surface area contributed by atoms with E-state index in [0.29, 0.717) is 41.0 Å². The second kappa shape index (κ2) is 11.4. The Morgan fingerprint density at radius 3 is 2.41 bits per heavy atom. The molecule has 0 bridgehead atoms. The van der Waals surface area contributed by atoms with Gasteiger partial charge in [-0.15, -0.1) is 0 Å². The molecule has 1 aliphatic heterocycles. The van der Waals surface area contributed by atoms with Crippen LogP contribution in [-0.2, 0) is 0 Å². The minimum absolute atomic E-state index is 0.0202. The molecule has 1 heterocycles. The van der Waals surface area contributed by atoms with Crippen LogP contribution in [0.1, 0.15) is 23.3 Å². The summed E-state index contributed by atoms with van der Waals surface area (Å²) in [5.41, 5.74) is 2.66. The van der Waals surface area contributed by atoms with Crippen molar-refractivity contribution in [2.24, 2.45) is 0 Å². The molecule has 180 valence electrons. The van der Waals surface area contributed by atoms with E-state index in [-0.39, 0.29) is 25.1 Å². The number of nitrogens with zero attached hydrogens (tertiary/aromatic N) is 2. The minimum Gasteiger partial charge on any atom is -0.491 e. The molecule has 1 aliphatic rings. The summed E-state index contributed by atoms with van der Waals surface area (Å²) in [4.78, 5) is 4.46. The van der Waals surface area contributed by atoms with Gasteiger partial charge in [-0.2, -0.15) is 0 Å². The zero-order valence-electron chi connectivity index (χ0n) is 18.6. The van der Waals surface area contributed by atoms with Crippen molar-refractivity contribution < 1.29 is 19.3 Å². The highest BCUT2D eigenvalue weighted by atomic mass is 35.5. The van der Waals surface area contributed by atoms with Gasteiger partial charge in [0.05, 0.1) is 29.5 Å². The van der Waals surface area contributed by atoms with Crippen LogP contribution < -0.4 is 9.64 Å². The van der Waals surface area contributed by atoms with Crippen molar-refractivity contribution in [3.05, 3.63) is 93.7 Å². The summed E-state index contributed by atoms with van der Waals surface area (Å²) in [6.07, 6.45) is -0.718. The van der Waals surface area contributed by atoms with E-state index >= 15 is 0 Å². The van der Waals surface area contributed by atoms with Gasteiger partial charge in [0, 0.05) is 37.3 Å². The Labute approximate surface area is 208 Å². The summed E-state index contributed by atoms with van der Waals surface area (Å²) in [6.45, 7) is 2.66. The quantitative estimate of drug-likeness (QED) is 0.446. The number of hydrogen-bond acceptors (Lipinski definition) is 5. The Kier molecular flexibility index (Phi) is 8.29. The van der Waals surface area contributed by atoms with Gasteiger partial charge in [-0.1, -0.05) is 47.5 Å². The van der Waals surface area contributed by atoms with Gasteiger partial charge in [-0.05, 0) is 47.5 Å². The topological polar surface area (TPSA) is 56.2 Å². The van der Waals surface area contributed by atoms with Crippen molar-refractivity contribution in [2.45, 2.75) is 12.1 Å². The highest BCUT2D eigenvalue weighted by Gasteiger charge is 2.31. The first-order valence-corrected chi connectivity index (χ1v) is 11.9. The molecule has 1 fully saturated rings. The Hall–Kier alpha value is -2.35. The molecule has 5 nitrogen and oxygen atoms in total. The molecule has 3 aromatic carbocycles. The SMILES string of the molecule is OCCOc1ccc(N2CCN(C[C@H](O)c3ccc(F)cc3)C[C@H]2c2ccc(Cl)cc2)c(Cl)c1. The summed E-state index contributed by atoms with van der Waals surface area (Å²) in [5.74, 6) is 0.281. The zero-order valence-corrected chi connectivity index (χ0v) is 20.1. The molecule has 2 atom stereocenters. The van der Waals surface area contributed by atoms with Gasteiger partial charge in [0.2, 0.25) is 0 Å². The highest BCUT2D eigenvalue weighted by molar-refractivity contribution is 6.33. The normalized spacial score (nSPS) is 17.6. The van der Waals surface area contributed by atoms with E-state index in [4.69, 9.17) is 33.0 Å². The third-order valence-electron chi connectivity index (χ3n) is 5.99. The van der Waals surface area contributed by atoms with Gasteiger partial charge in [-0.3, -0.25) is 4.90 Å². The monoisotopic (exact) mass is 504 g/mol. The number of β-amino-alcohol motifs (C(OH)–C–C–N with tert-alkyl or cyclic N) is 1. The smallest absolute Gasteiger partial charge is 0.123 e. The first kappa shape index (κ1) is 24.8. The second-order valence-corrected chi connectivity index (χ2v) is 9.12. The van der Waals surface area contributed by atoms with Gasteiger partial charge < -0.3 is 19.8 Å². The predicted molar refractivity (Wildman–Crippen MR) is 133 cm³/mol. The van der Waals surface area contributed by atoms with Crippen LogP contribution in [0.2, 0.25) is 10.0 Å². The average molecular weight is 505 g/mol. The lowest BCUT2D eigenvalue weighted by Gasteiger charge is -2.44. The molecule has 0 amide bonds. The minimum atomic E-state index is -0.718. The number of rotatable bonds is 8. The van der Waals surface area contributed by atoms with Crippen molar-refractivity contribution in [3.63, 3.8) is 0 Å². The van der Waals surface area contributed by atoms with Crippen LogP contribution >= 0.6 is 23.2 Å². The first-order chi connectivity index (χ1) is 16.4. The van der Waals surface area contributed by atoms with Crippen molar-refractivity contribution in [1.29, 1.82) is 0 Å². The Bertz CT molecular complexity index is 1080. The zero-order chi connectivity index (χ0) is 24.1. The number of aliphatic hydroxyl groups is 2. The fourth-order valence-corrected chi connectivity index (χ4v) is 4.68. The van der Waals surface area contributed by atoms with Crippen LogP contribution in [0, 0.1) is 5.82 Å². The molecule has 0 spiro atoms. The summed E-state index contributed by atoms with van der Waals surface area (Å²) in [5, 5.41) is 21.0. The Morgan fingerprint density at radius 2 is 1.74 bits per heavy atom. The van der Waals surface area contributed by atoms with Gasteiger partial charge in [0.25, 0.3) is 0 Å². The number of anilines is 1. The van der Waals surface area contributed by atoms with Crippen LogP contribution in [0.25, 0.3) is 0 Å². The third-order valence-corrected chi connectivity index (χ3v) is 6.55. The maximum atomic E-state index is 13.3. The number of ether oxygens (including phenoxy) is 1. The number of hydrogen-bond donors (Lipinski definition) is 2. The average Bonchev–Trinajstić information content (AvgIpc) is 2.84. The van der Waals surface area contributed by atoms with Crippen molar-refractivity contribution in [1.82, 2.24) is 4.90 Å². The lowest BCUT2D eigenvalue weighted by Crippen LogP contribution is -2.49. The van der Waals surface area contributed by atoms with Gasteiger partial charge in [-0.25, -0.2) is 4.39 Å². The maximum Gasteiger partial charge on any atom is 0.123 e. The van der Waals surface area contributed by atoms with E-state index in [1.807, 2.05) is 36.4 Å². The van der Waals surface area contributed by atoms with E-state index in [1.165, 1.54) is 12.1 Å². The van der Waals surface area contributed by atoms with Gasteiger partial charge >= 0.3 is 0 Å². The summed E-state index contributed by atoms with van der Waals surface area (Å²) in [6, 6.07) is 19.2. The summed E-state index contributed by atoms with van der Waals surface area (Å²) >= 11 is 12.8. The molecule has 0 aliphatic carbocycles. The van der Waals surface area contributed by atoms with Crippen LogP contribution in [0.3, 0.4) is 0 Å². The predicted octanol–water partition coefficient (Wildman–Crippen LogP) is 5.10. The Balaban J connectivity index is 1.55. The van der Waals surface area contributed by atoms with Crippen LogP contribution in [0.4, 0.5) is 10.1 Å². The lowest BCUT2D eigenvalue weighted by atomic mass is 10.00. The first-order valence-electron chi connectivity index (χ1n) is 11.2. The molecule has 0 radical (unpaired) electrons. The Morgan fingerprint density at radius 1 is 1.00 bits per heavy atom. The largest absolute Gasteiger partial charge is 0.491 e. The maximum absolute atomic E-state index is 13.3. The molecule has 0 aromatic heterocycles. The van der Waals surface area contributed by atoms with E-state index < -0.39 is 6.10 Å². The molecule has 0 saturated carbocycles. The number of benzene rings is 3. The van der Waals surface area contributed by atoms with Crippen LogP contribution in [-0.4, -0.2) is 54.5 Å². The molecule has 34 heavy (non-hydrogen) atoms. The van der Waals surface area contributed by atoms with E-state index in [0.717, 1.165) is 17.8 Å². The fourth-order valence-electron chi connectivity index (χ4n) is 4.27. The molecule has 0 unspecified atom stereocenters. The third kappa shape index (κ3) is 6.01. The van der Waals surface area contributed by atoms with Crippen LogP contribution in [0.5, 0.6) is 5.75 Å². The fraction of sp³-hybridized carbons (Fsp3) is 0.308. The number of piperazine rings is 1. The molecule has 2 N–H and O–H groups in total. The standard InChI is InChI=1S/C26H27Cl2FN2O3/c27-20-5-1-18(2-6-20)25-16-30(17-26(33)19-3-7-21(29)8-4-19)11-12-31(25)24-10-9-22(15-23(24)28)34-14-13-32/h1-10,15,25-26,32-33H,11-14,16-17H2/t25-,26-/m0/s1. The summed E-state index contributed by atoms with van der Waals surface area (Å²) < 4.78 is 18.7. The molecular weight excluding hydrogens is 478 g/mol. The van der Waals surface area contributed by atoms with Crippen molar-refractivity contribution in [3.8, 4) is 5.75 Å². The summed E-state index contributed by atoms with van der Waals surface area (Å²) in [7, 11) is 0. The molecular formula is C26H27Cl2FN2O3. The lowest BCUT2D eigenvalue weighted by molar-refractivity contribution is 0.100. The van der Waals surface area contributed by atoms with E-state index in [2.05, 4.69) is 9.80 Å². The van der Waals surface area contributed by atoms with Crippen molar-refractivity contribution >= 4 is 28.9 Å². The number of aliphatic hydroxyl groups excluding tert-OH is 2. The van der Waals surface area contributed by atoms with Crippen molar-refractivity contribution in [2.75, 3.05) is 44.3 Å².